The summed E-state index contributed by atoms with van der Waals surface area (Å²) in [6.07, 6.45) is 2.69. The van der Waals surface area contributed by atoms with E-state index in [1.165, 1.54) is 12.1 Å². The number of rotatable bonds is 3. The van der Waals surface area contributed by atoms with Gasteiger partial charge in [0.1, 0.15) is 17.3 Å². The first-order chi connectivity index (χ1) is 12.0. The van der Waals surface area contributed by atoms with E-state index in [2.05, 4.69) is 10.3 Å². The Morgan fingerprint density at radius 1 is 1.28 bits per heavy atom. The van der Waals surface area contributed by atoms with Gasteiger partial charge in [0.2, 0.25) is 0 Å². The fraction of sp³-hybridized carbons (Fsp3) is 0.368. The molecule has 1 heterocycles. The number of benzene rings is 1. The highest BCUT2D eigenvalue weighted by Crippen LogP contribution is 2.42. The average molecular weight is 344 g/mol. The molecule has 0 unspecified atom stereocenters. The molecule has 2 N–H and O–H groups in total. The lowest BCUT2D eigenvalue weighted by Crippen LogP contribution is -2.27. The molecule has 1 fully saturated rings. The summed E-state index contributed by atoms with van der Waals surface area (Å²) in [5.41, 5.74) is 2.99. The number of hydrogen-bond acceptors (Lipinski definition) is 2. The molecule has 0 aliphatic heterocycles. The van der Waals surface area contributed by atoms with Gasteiger partial charge in [0.15, 0.2) is 5.78 Å². The number of amides is 1. The van der Waals surface area contributed by atoms with Crippen molar-refractivity contribution in [2.75, 3.05) is 0 Å². The number of carbonyl (C=O) groups excluding carboxylic acids is 2. The van der Waals surface area contributed by atoms with Crippen LogP contribution >= 0.6 is 0 Å². The normalized spacial score (nSPS) is 21.8. The van der Waals surface area contributed by atoms with Crippen molar-refractivity contribution in [3.8, 4) is 0 Å². The third-order valence-corrected chi connectivity index (χ3v) is 5.13. The van der Waals surface area contributed by atoms with E-state index >= 15 is 0 Å². The monoisotopic (exact) mass is 344 g/mol. The highest BCUT2D eigenvalue weighted by molar-refractivity contribution is 6.04. The highest BCUT2D eigenvalue weighted by Gasteiger charge is 2.41. The molecule has 1 amide bonds. The maximum atomic E-state index is 13.8. The summed E-state index contributed by atoms with van der Waals surface area (Å²) in [4.78, 5) is 27.7. The zero-order chi connectivity index (χ0) is 17.7. The number of carbonyl (C=O) groups is 2. The van der Waals surface area contributed by atoms with Crippen LogP contribution in [-0.2, 0) is 6.42 Å². The summed E-state index contributed by atoms with van der Waals surface area (Å²) in [5.74, 6) is -1.55. The van der Waals surface area contributed by atoms with E-state index in [9.17, 15) is 18.4 Å². The first kappa shape index (κ1) is 16.0. The zero-order valence-corrected chi connectivity index (χ0v) is 13.8. The standard InChI is InChI=1S/C19H18F2N2O2/c1-9-17-14(3-2-4-16(17)24)22-18(9)19(25)23-15-8-12(15)11-6-5-10(20)7-13(11)21/h5-7,12,15,22H,2-4,8H2,1H3,(H,23,25)/t12-,15-/m0/s1. The van der Waals surface area contributed by atoms with Gasteiger partial charge in [-0.1, -0.05) is 6.07 Å². The average Bonchev–Trinajstić information content (AvgIpc) is 3.21. The maximum absolute atomic E-state index is 13.8. The summed E-state index contributed by atoms with van der Waals surface area (Å²) in [6, 6.07) is 3.34. The molecule has 0 radical (unpaired) electrons. The molecule has 0 bridgehead atoms. The van der Waals surface area contributed by atoms with Crippen molar-refractivity contribution in [3.63, 3.8) is 0 Å². The summed E-state index contributed by atoms with van der Waals surface area (Å²) in [7, 11) is 0. The molecule has 0 spiro atoms. The minimum absolute atomic E-state index is 0.0757. The Labute approximate surface area is 143 Å². The summed E-state index contributed by atoms with van der Waals surface area (Å²) in [6.45, 7) is 1.78. The SMILES string of the molecule is Cc1c(C(=O)N[C@H]2C[C@H]2c2ccc(F)cc2F)[nH]c2c1C(=O)CCC2. The fourth-order valence-electron chi connectivity index (χ4n) is 3.74. The van der Waals surface area contributed by atoms with Crippen LogP contribution in [0.4, 0.5) is 8.78 Å². The lowest BCUT2D eigenvalue weighted by Gasteiger charge is -2.09. The molecule has 1 saturated carbocycles. The first-order valence-electron chi connectivity index (χ1n) is 8.46. The van der Waals surface area contributed by atoms with Gasteiger partial charge < -0.3 is 10.3 Å². The number of hydrogen-bond donors (Lipinski definition) is 2. The molecule has 4 rings (SSSR count). The van der Waals surface area contributed by atoms with E-state index in [0.29, 0.717) is 35.2 Å². The lowest BCUT2D eigenvalue weighted by atomic mass is 9.94. The van der Waals surface area contributed by atoms with E-state index in [1.807, 2.05) is 0 Å². The number of H-pyrrole nitrogens is 1. The van der Waals surface area contributed by atoms with Crippen LogP contribution in [0.15, 0.2) is 18.2 Å². The van der Waals surface area contributed by atoms with Crippen molar-refractivity contribution in [2.45, 2.75) is 44.6 Å². The van der Waals surface area contributed by atoms with Crippen LogP contribution in [0.3, 0.4) is 0 Å². The van der Waals surface area contributed by atoms with Crippen molar-refractivity contribution in [1.29, 1.82) is 0 Å². The van der Waals surface area contributed by atoms with Gasteiger partial charge in [-0.2, -0.15) is 0 Å². The molecular weight excluding hydrogens is 326 g/mol. The molecule has 2 aromatic rings. The van der Waals surface area contributed by atoms with Gasteiger partial charge in [-0.3, -0.25) is 9.59 Å². The largest absolute Gasteiger partial charge is 0.354 e. The number of aryl methyl sites for hydroxylation is 1. The predicted molar refractivity (Wildman–Crippen MR) is 87.8 cm³/mol. The second-order valence-electron chi connectivity index (χ2n) is 6.84. The van der Waals surface area contributed by atoms with Gasteiger partial charge in [0.25, 0.3) is 5.91 Å². The Kier molecular flexibility index (Phi) is 3.71. The highest BCUT2D eigenvalue weighted by atomic mass is 19.1. The van der Waals surface area contributed by atoms with Crippen molar-refractivity contribution < 1.29 is 18.4 Å². The third kappa shape index (κ3) is 2.75. The maximum Gasteiger partial charge on any atom is 0.268 e. The topological polar surface area (TPSA) is 62.0 Å². The van der Waals surface area contributed by atoms with Crippen LogP contribution < -0.4 is 5.32 Å². The second-order valence-corrected chi connectivity index (χ2v) is 6.84. The number of nitrogens with one attached hydrogen (secondary N) is 2. The van der Waals surface area contributed by atoms with Crippen LogP contribution in [0.2, 0.25) is 0 Å². The number of ketones is 1. The minimum atomic E-state index is -0.611. The molecule has 2 atom stereocenters. The third-order valence-electron chi connectivity index (χ3n) is 5.13. The summed E-state index contributed by atoms with van der Waals surface area (Å²) < 4.78 is 26.8. The quantitative estimate of drug-likeness (QED) is 0.896. The van der Waals surface area contributed by atoms with E-state index < -0.39 is 11.6 Å². The molecule has 1 aromatic carbocycles. The first-order valence-corrected chi connectivity index (χ1v) is 8.46. The number of aromatic amines is 1. The Morgan fingerprint density at radius 2 is 2.08 bits per heavy atom. The number of Topliss-reactive ketones (excluding diaryl/α,β-unsaturated/α-hetero) is 1. The fourth-order valence-corrected chi connectivity index (χ4v) is 3.74. The molecule has 0 saturated heterocycles. The van der Waals surface area contributed by atoms with Gasteiger partial charge in [0, 0.05) is 35.7 Å². The van der Waals surface area contributed by atoms with Crippen molar-refractivity contribution in [1.82, 2.24) is 10.3 Å². The lowest BCUT2D eigenvalue weighted by molar-refractivity contribution is 0.0944. The van der Waals surface area contributed by atoms with Crippen LogP contribution in [-0.4, -0.2) is 22.7 Å². The molecule has 25 heavy (non-hydrogen) atoms. The summed E-state index contributed by atoms with van der Waals surface area (Å²) >= 11 is 0. The Morgan fingerprint density at radius 3 is 2.80 bits per heavy atom. The Bertz CT molecular complexity index is 888. The van der Waals surface area contributed by atoms with Crippen LogP contribution in [0.25, 0.3) is 0 Å². The predicted octanol–water partition coefficient (Wildman–Crippen LogP) is 3.41. The van der Waals surface area contributed by atoms with Crippen LogP contribution in [0.5, 0.6) is 0 Å². The van der Waals surface area contributed by atoms with E-state index in [1.54, 1.807) is 6.92 Å². The van der Waals surface area contributed by atoms with Gasteiger partial charge in [-0.05, 0) is 43.4 Å². The molecule has 4 nitrogen and oxygen atoms in total. The Balaban J connectivity index is 1.50. The molecule has 130 valence electrons. The molecular formula is C19H18F2N2O2. The number of fused-ring (bicyclic) bond motifs is 1. The smallest absolute Gasteiger partial charge is 0.268 e. The second kappa shape index (κ2) is 5.79. The van der Waals surface area contributed by atoms with Gasteiger partial charge in [-0.15, -0.1) is 0 Å². The number of halogens is 2. The van der Waals surface area contributed by atoms with Crippen molar-refractivity contribution in [3.05, 3.63) is 57.9 Å². The van der Waals surface area contributed by atoms with E-state index in [4.69, 9.17) is 0 Å². The van der Waals surface area contributed by atoms with Crippen molar-refractivity contribution >= 4 is 11.7 Å². The van der Waals surface area contributed by atoms with Crippen LogP contribution in [0.1, 0.15) is 62.8 Å². The van der Waals surface area contributed by atoms with Crippen LogP contribution in [0, 0.1) is 18.6 Å². The molecule has 2 aliphatic carbocycles. The molecule has 1 aromatic heterocycles. The Hall–Kier alpha value is -2.50. The minimum Gasteiger partial charge on any atom is -0.354 e. The van der Waals surface area contributed by atoms with Crippen molar-refractivity contribution in [2.24, 2.45) is 0 Å². The zero-order valence-electron chi connectivity index (χ0n) is 13.8. The van der Waals surface area contributed by atoms with Gasteiger partial charge in [-0.25, -0.2) is 8.78 Å². The number of aromatic nitrogens is 1. The molecule has 2 aliphatic rings. The van der Waals surface area contributed by atoms with Gasteiger partial charge >= 0.3 is 0 Å². The van der Waals surface area contributed by atoms with E-state index in [0.717, 1.165) is 24.6 Å². The molecule has 6 heteroatoms. The van der Waals surface area contributed by atoms with E-state index in [-0.39, 0.29) is 23.7 Å². The summed E-state index contributed by atoms with van der Waals surface area (Å²) in [5, 5.41) is 2.88. The van der Waals surface area contributed by atoms with Gasteiger partial charge in [0.05, 0.1) is 0 Å².